The lowest BCUT2D eigenvalue weighted by Crippen LogP contribution is -2.43. The minimum atomic E-state index is -3.41. The first-order valence-corrected chi connectivity index (χ1v) is 14.8. The smallest absolute Gasteiger partial charge is 0.253 e. The molecular weight excluding hydrogens is 506 g/mol. The molecule has 7 heteroatoms. The third kappa shape index (κ3) is 7.30. The Bertz CT molecular complexity index is 1380. The molecule has 37 heavy (non-hydrogen) atoms. The Kier molecular flexibility index (Phi) is 9.68. The van der Waals surface area contributed by atoms with Crippen LogP contribution in [0.2, 0.25) is 5.02 Å². The van der Waals surface area contributed by atoms with E-state index in [1.165, 1.54) is 6.07 Å². The Morgan fingerprint density at radius 3 is 2.24 bits per heavy atom. The number of aryl methyl sites for hydroxylation is 3. The van der Waals surface area contributed by atoms with Crippen LogP contribution in [0.5, 0.6) is 0 Å². The number of ketones is 1. The maximum atomic E-state index is 13.5. The van der Waals surface area contributed by atoms with E-state index < -0.39 is 21.8 Å². The molecule has 196 valence electrons. The van der Waals surface area contributed by atoms with Gasteiger partial charge in [0.15, 0.2) is 15.6 Å². The molecule has 1 amide bonds. The fourth-order valence-electron chi connectivity index (χ4n) is 4.56. The lowest BCUT2D eigenvalue weighted by atomic mass is 9.94. The SMILES string of the molecule is CCc1cc(C)c(C(=O)NC(Cc2cccc(S(C)(=O)=O)c2)C(=O)CCc2ccccc2)c(Cl)c1CC. The van der Waals surface area contributed by atoms with Crippen molar-refractivity contribution in [1.82, 2.24) is 5.32 Å². The summed E-state index contributed by atoms with van der Waals surface area (Å²) in [6.45, 7) is 5.90. The first kappa shape index (κ1) is 28.6. The largest absolute Gasteiger partial charge is 0.342 e. The van der Waals surface area contributed by atoms with Crippen LogP contribution in [0.4, 0.5) is 0 Å². The summed E-state index contributed by atoms with van der Waals surface area (Å²) in [6, 6.07) is 17.3. The van der Waals surface area contributed by atoms with Gasteiger partial charge in [-0.2, -0.15) is 0 Å². The van der Waals surface area contributed by atoms with Crippen molar-refractivity contribution in [2.24, 2.45) is 0 Å². The van der Waals surface area contributed by atoms with E-state index in [1.807, 2.05) is 50.2 Å². The van der Waals surface area contributed by atoms with Gasteiger partial charge in [-0.15, -0.1) is 0 Å². The Balaban J connectivity index is 1.92. The quantitative estimate of drug-likeness (QED) is 0.338. The van der Waals surface area contributed by atoms with Gasteiger partial charge < -0.3 is 5.32 Å². The Hall–Kier alpha value is -2.96. The molecule has 0 aromatic heterocycles. The van der Waals surface area contributed by atoms with E-state index in [-0.39, 0.29) is 23.5 Å². The number of Topliss-reactive ketones (excluding diaryl/α,β-unsaturated/α-hetero) is 1. The third-order valence-electron chi connectivity index (χ3n) is 6.58. The summed E-state index contributed by atoms with van der Waals surface area (Å²) in [5.74, 6) is -0.534. The highest BCUT2D eigenvalue weighted by atomic mass is 35.5. The summed E-state index contributed by atoms with van der Waals surface area (Å²) >= 11 is 6.72. The van der Waals surface area contributed by atoms with Gasteiger partial charge >= 0.3 is 0 Å². The normalized spacial score (nSPS) is 12.2. The number of rotatable bonds is 11. The average molecular weight is 540 g/mol. The number of hydrogen-bond acceptors (Lipinski definition) is 4. The van der Waals surface area contributed by atoms with Crippen LogP contribution in [0.25, 0.3) is 0 Å². The van der Waals surface area contributed by atoms with Crippen molar-refractivity contribution in [3.8, 4) is 0 Å². The summed E-state index contributed by atoms with van der Waals surface area (Å²) < 4.78 is 24.1. The molecule has 3 aromatic carbocycles. The van der Waals surface area contributed by atoms with Gasteiger partial charge in [0, 0.05) is 12.7 Å². The number of carbonyl (C=O) groups excluding carboxylic acids is 2. The zero-order chi connectivity index (χ0) is 27.2. The number of nitrogens with one attached hydrogen (secondary N) is 1. The van der Waals surface area contributed by atoms with Crippen LogP contribution < -0.4 is 5.32 Å². The third-order valence-corrected chi connectivity index (χ3v) is 8.11. The van der Waals surface area contributed by atoms with Crippen molar-refractivity contribution in [1.29, 1.82) is 0 Å². The summed E-state index contributed by atoms with van der Waals surface area (Å²) in [7, 11) is -3.41. The highest BCUT2D eigenvalue weighted by molar-refractivity contribution is 7.90. The van der Waals surface area contributed by atoms with E-state index >= 15 is 0 Å². The second-order valence-electron chi connectivity index (χ2n) is 9.33. The van der Waals surface area contributed by atoms with Crippen molar-refractivity contribution in [2.75, 3.05) is 6.26 Å². The minimum absolute atomic E-state index is 0.128. The maximum Gasteiger partial charge on any atom is 0.253 e. The van der Waals surface area contributed by atoms with E-state index in [1.54, 1.807) is 18.2 Å². The van der Waals surface area contributed by atoms with Gasteiger partial charge in [-0.1, -0.05) is 74.0 Å². The fourth-order valence-corrected chi connectivity index (χ4v) is 5.74. The van der Waals surface area contributed by atoms with Crippen LogP contribution in [-0.4, -0.2) is 32.4 Å². The highest BCUT2D eigenvalue weighted by Gasteiger charge is 2.25. The predicted octanol–water partition coefficient (Wildman–Crippen LogP) is 5.72. The molecule has 0 fully saturated rings. The van der Waals surface area contributed by atoms with Crippen LogP contribution in [0.3, 0.4) is 0 Å². The molecule has 0 bridgehead atoms. The summed E-state index contributed by atoms with van der Waals surface area (Å²) in [5.41, 5.74) is 4.86. The van der Waals surface area contributed by atoms with E-state index in [0.717, 1.165) is 34.9 Å². The molecule has 0 saturated heterocycles. The lowest BCUT2D eigenvalue weighted by molar-refractivity contribution is -0.120. The van der Waals surface area contributed by atoms with Crippen LogP contribution in [-0.2, 0) is 40.3 Å². The zero-order valence-corrected chi connectivity index (χ0v) is 23.4. The molecule has 0 aliphatic carbocycles. The number of amides is 1. The highest BCUT2D eigenvalue weighted by Crippen LogP contribution is 2.29. The number of halogens is 1. The topological polar surface area (TPSA) is 80.3 Å². The first-order valence-electron chi connectivity index (χ1n) is 12.5. The molecule has 3 aromatic rings. The van der Waals surface area contributed by atoms with E-state index in [9.17, 15) is 18.0 Å². The fraction of sp³-hybridized carbons (Fsp3) is 0.333. The van der Waals surface area contributed by atoms with Gasteiger partial charge in [-0.25, -0.2) is 8.42 Å². The van der Waals surface area contributed by atoms with E-state index in [2.05, 4.69) is 12.2 Å². The average Bonchev–Trinajstić information content (AvgIpc) is 2.86. The molecule has 1 unspecified atom stereocenters. The van der Waals surface area contributed by atoms with Crippen molar-refractivity contribution in [3.63, 3.8) is 0 Å². The summed E-state index contributed by atoms with van der Waals surface area (Å²) in [4.78, 5) is 27.1. The molecule has 0 spiro atoms. The number of benzene rings is 3. The molecule has 5 nitrogen and oxygen atoms in total. The maximum absolute atomic E-state index is 13.5. The molecule has 0 saturated carbocycles. The zero-order valence-electron chi connectivity index (χ0n) is 21.8. The second-order valence-corrected chi connectivity index (χ2v) is 11.7. The van der Waals surface area contributed by atoms with Crippen LogP contribution >= 0.6 is 11.6 Å². The Morgan fingerprint density at radius 1 is 0.946 bits per heavy atom. The Morgan fingerprint density at radius 2 is 1.62 bits per heavy atom. The molecule has 0 aliphatic heterocycles. The monoisotopic (exact) mass is 539 g/mol. The predicted molar refractivity (Wildman–Crippen MR) is 149 cm³/mol. The first-order chi connectivity index (χ1) is 17.5. The molecule has 0 radical (unpaired) electrons. The second kappa shape index (κ2) is 12.5. The Labute approximate surface area is 225 Å². The van der Waals surface area contributed by atoms with Gasteiger partial charge in [-0.3, -0.25) is 9.59 Å². The van der Waals surface area contributed by atoms with Crippen LogP contribution in [0, 0.1) is 6.92 Å². The van der Waals surface area contributed by atoms with Gasteiger partial charge in [0.25, 0.3) is 5.91 Å². The number of carbonyl (C=O) groups is 2. The molecule has 0 aliphatic rings. The molecule has 3 rings (SSSR count). The number of sulfone groups is 1. The molecule has 1 N–H and O–H groups in total. The molecule has 1 atom stereocenters. The van der Waals surface area contributed by atoms with Gasteiger partial charge in [0.05, 0.1) is 21.5 Å². The standard InChI is InChI=1S/C30H34ClNO4S/c1-5-23-17-20(3)28(29(31)25(23)6-2)30(34)32-26(27(33)16-15-21-11-8-7-9-12-21)19-22-13-10-14-24(18-22)37(4,35)36/h7-14,17-18,26H,5-6,15-16,19H2,1-4H3,(H,32,34). The minimum Gasteiger partial charge on any atom is -0.342 e. The van der Waals surface area contributed by atoms with Crippen molar-refractivity contribution in [2.45, 2.75) is 63.8 Å². The van der Waals surface area contributed by atoms with E-state index in [0.29, 0.717) is 29.0 Å². The van der Waals surface area contributed by atoms with Crippen LogP contribution in [0.15, 0.2) is 65.6 Å². The van der Waals surface area contributed by atoms with Crippen molar-refractivity contribution < 1.29 is 18.0 Å². The van der Waals surface area contributed by atoms with Crippen molar-refractivity contribution in [3.05, 3.63) is 99.1 Å². The lowest BCUT2D eigenvalue weighted by Gasteiger charge is -2.21. The van der Waals surface area contributed by atoms with E-state index in [4.69, 9.17) is 11.6 Å². The molecule has 0 heterocycles. The summed E-state index contributed by atoms with van der Waals surface area (Å²) in [6.07, 6.45) is 3.60. The van der Waals surface area contributed by atoms with Crippen LogP contribution in [0.1, 0.15) is 58.4 Å². The molecular formula is C30H34ClNO4S. The number of hydrogen-bond donors (Lipinski definition) is 1. The summed E-state index contributed by atoms with van der Waals surface area (Å²) in [5, 5.41) is 3.35. The van der Waals surface area contributed by atoms with Crippen molar-refractivity contribution >= 4 is 33.1 Å². The van der Waals surface area contributed by atoms with Gasteiger partial charge in [0.1, 0.15) is 0 Å². The van der Waals surface area contributed by atoms with Gasteiger partial charge in [-0.05, 0) is 72.6 Å². The van der Waals surface area contributed by atoms with Gasteiger partial charge in [0.2, 0.25) is 0 Å².